The zero-order chi connectivity index (χ0) is 18.0. The van der Waals surface area contributed by atoms with Crippen molar-refractivity contribution in [1.82, 2.24) is 0 Å². The Morgan fingerprint density at radius 3 is 2.56 bits per heavy atom. The van der Waals surface area contributed by atoms with Crippen molar-refractivity contribution < 1.29 is 9.72 Å². The highest BCUT2D eigenvalue weighted by Crippen LogP contribution is 2.30. The van der Waals surface area contributed by atoms with Crippen molar-refractivity contribution in [2.45, 2.75) is 39.0 Å². The number of aryl methyl sites for hydroxylation is 1. The summed E-state index contributed by atoms with van der Waals surface area (Å²) in [6, 6.07) is 12.6. The van der Waals surface area contributed by atoms with Crippen LogP contribution in [-0.2, 0) is 17.6 Å². The van der Waals surface area contributed by atoms with Gasteiger partial charge in [0, 0.05) is 24.4 Å². The van der Waals surface area contributed by atoms with Crippen LogP contribution in [0.15, 0.2) is 42.5 Å². The maximum Gasteiger partial charge on any atom is 0.269 e. The Bertz CT molecular complexity index is 797. The summed E-state index contributed by atoms with van der Waals surface area (Å²) in [6.45, 7) is 5.06. The highest BCUT2D eigenvalue weighted by atomic mass is 16.6. The molecule has 0 saturated carbocycles. The lowest BCUT2D eigenvalue weighted by Crippen LogP contribution is -2.36. The number of nitro benzene ring substituents is 1. The second-order valence-electron chi connectivity index (χ2n) is 6.79. The van der Waals surface area contributed by atoms with E-state index in [1.807, 2.05) is 4.90 Å². The molecule has 1 aliphatic rings. The van der Waals surface area contributed by atoms with E-state index >= 15 is 0 Å². The average Bonchev–Trinajstić information content (AvgIpc) is 2.61. The SMILES string of the molecule is CC(C)c1ccc2c(c1)CCCN2C(=O)Cc1ccc([N+](=O)[O-])cc1. The first-order valence-corrected chi connectivity index (χ1v) is 8.62. The van der Waals surface area contributed by atoms with Crippen LogP contribution >= 0.6 is 0 Å². The number of anilines is 1. The number of non-ortho nitro benzene ring substituents is 1. The molecule has 2 aromatic carbocycles. The Balaban J connectivity index is 1.78. The minimum absolute atomic E-state index is 0.0344. The van der Waals surface area contributed by atoms with Gasteiger partial charge in [-0.15, -0.1) is 0 Å². The van der Waals surface area contributed by atoms with Crippen molar-refractivity contribution in [3.63, 3.8) is 0 Å². The van der Waals surface area contributed by atoms with Crippen LogP contribution < -0.4 is 4.90 Å². The fourth-order valence-corrected chi connectivity index (χ4v) is 3.24. The standard InChI is InChI=1S/C20H22N2O3/c1-14(2)16-7-10-19-17(13-16)4-3-11-21(19)20(23)12-15-5-8-18(9-6-15)22(24)25/h5-10,13-14H,3-4,11-12H2,1-2H3. The Kier molecular flexibility index (Phi) is 4.83. The molecular weight excluding hydrogens is 316 g/mol. The molecular formula is C20H22N2O3. The van der Waals surface area contributed by atoms with Gasteiger partial charge in [-0.25, -0.2) is 0 Å². The van der Waals surface area contributed by atoms with Crippen molar-refractivity contribution in [2.75, 3.05) is 11.4 Å². The summed E-state index contributed by atoms with van der Waals surface area (Å²) in [4.78, 5) is 24.9. The van der Waals surface area contributed by atoms with Gasteiger partial charge in [0.2, 0.25) is 5.91 Å². The second kappa shape index (κ2) is 7.05. The molecule has 130 valence electrons. The van der Waals surface area contributed by atoms with Gasteiger partial charge in [0.1, 0.15) is 0 Å². The minimum Gasteiger partial charge on any atom is -0.312 e. The van der Waals surface area contributed by atoms with Gasteiger partial charge in [-0.1, -0.05) is 38.1 Å². The normalized spacial score (nSPS) is 13.6. The number of fused-ring (bicyclic) bond motifs is 1. The van der Waals surface area contributed by atoms with E-state index in [0.717, 1.165) is 30.6 Å². The molecule has 0 N–H and O–H groups in total. The first-order valence-electron chi connectivity index (χ1n) is 8.62. The molecule has 0 radical (unpaired) electrons. The van der Waals surface area contributed by atoms with Crippen LogP contribution in [0.5, 0.6) is 0 Å². The van der Waals surface area contributed by atoms with Crippen LogP contribution in [0.4, 0.5) is 11.4 Å². The van der Waals surface area contributed by atoms with Crippen LogP contribution in [0.3, 0.4) is 0 Å². The highest BCUT2D eigenvalue weighted by molar-refractivity contribution is 5.96. The van der Waals surface area contributed by atoms with E-state index in [0.29, 0.717) is 5.92 Å². The number of benzene rings is 2. The van der Waals surface area contributed by atoms with E-state index in [9.17, 15) is 14.9 Å². The molecule has 1 aliphatic heterocycles. The summed E-state index contributed by atoms with van der Waals surface area (Å²) in [5.41, 5.74) is 4.36. The third-order valence-corrected chi connectivity index (χ3v) is 4.69. The van der Waals surface area contributed by atoms with Gasteiger partial charge < -0.3 is 4.90 Å². The van der Waals surface area contributed by atoms with Crippen LogP contribution in [0.25, 0.3) is 0 Å². The summed E-state index contributed by atoms with van der Waals surface area (Å²) in [7, 11) is 0. The molecule has 0 aliphatic carbocycles. The van der Waals surface area contributed by atoms with E-state index in [2.05, 4.69) is 32.0 Å². The third kappa shape index (κ3) is 3.71. The maximum atomic E-state index is 12.8. The molecule has 1 heterocycles. The number of carbonyl (C=O) groups excluding carboxylic acids is 1. The minimum atomic E-state index is -0.432. The largest absolute Gasteiger partial charge is 0.312 e. The maximum absolute atomic E-state index is 12.8. The van der Waals surface area contributed by atoms with Crippen molar-refractivity contribution in [3.05, 3.63) is 69.3 Å². The summed E-state index contributed by atoms with van der Waals surface area (Å²) in [5.74, 6) is 0.503. The number of hydrogen-bond donors (Lipinski definition) is 0. The molecule has 1 amide bonds. The predicted molar refractivity (Wildman–Crippen MR) is 98.0 cm³/mol. The number of rotatable bonds is 4. The van der Waals surface area contributed by atoms with E-state index in [1.165, 1.54) is 23.3 Å². The molecule has 0 saturated heterocycles. The molecule has 0 atom stereocenters. The van der Waals surface area contributed by atoms with E-state index < -0.39 is 4.92 Å². The highest BCUT2D eigenvalue weighted by Gasteiger charge is 2.23. The van der Waals surface area contributed by atoms with Crippen LogP contribution in [0.1, 0.15) is 42.9 Å². The molecule has 3 rings (SSSR count). The van der Waals surface area contributed by atoms with E-state index in [4.69, 9.17) is 0 Å². The Morgan fingerprint density at radius 1 is 1.20 bits per heavy atom. The monoisotopic (exact) mass is 338 g/mol. The zero-order valence-electron chi connectivity index (χ0n) is 14.6. The van der Waals surface area contributed by atoms with E-state index in [1.54, 1.807) is 12.1 Å². The lowest BCUT2D eigenvalue weighted by molar-refractivity contribution is -0.384. The Hall–Kier alpha value is -2.69. The molecule has 5 heteroatoms. The predicted octanol–water partition coefficient (Wildman–Crippen LogP) is 4.24. The number of carbonyl (C=O) groups is 1. The molecule has 2 aromatic rings. The van der Waals surface area contributed by atoms with Crippen molar-refractivity contribution in [3.8, 4) is 0 Å². The summed E-state index contributed by atoms with van der Waals surface area (Å²) in [6.07, 6.45) is 2.21. The zero-order valence-corrected chi connectivity index (χ0v) is 14.6. The first-order chi connectivity index (χ1) is 12.0. The fourth-order valence-electron chi connectivity index (χ4n) is 3.24. The van der Waals surface area contributed by atoms with Crippen LogP contribution in [-0.4, -0.2) is 17.4 Å². The molecule has 0 fully saturated rings. The summed E-state index contributed by atoms with van der Waals surface area (Å²) in [5, 5.41) is 10.7. The van der Waals surface area contributed by atoms with Gasteiger partial charge in [0.05, 0.1) is 11.3 Å². The van der Waals surface area contributed by atoms with Crippen molar-refractivity contribution in [1.29, 1.82) is 0 Å². The van der Waals surface area contributed by atoms with Gasteiger partial charge in [-0.05, 0) is 41.5 Å². The smallest absolute Gasteiger partial charge is 0.269 e. The van der Waals surface area contributed by atoms with Crippen LogP contribution in [0.2, 0.25) is 0 Å². The van der Waals surface area contributed by atoms with Gasteiger partial charge >= 0.3 is 0 Å². The molecule has 5 nitrogen and oxygen atoms in total. The van der Waals surface area contributed by atoms with Gasteiger partial charge in [0.25, 0.3) is 5.69 Å². The van der Waals surface area contributed by atoms with E-state index in [-0.39, 0.29) is 18.0 Å². The third-order valence-electron chi connectivity index (χ3n) is 4.69. The summed E-state index contributed by atoms with van der Waals surface area (Å²) < 4.78 is 0. The fraction of sp³-hybridized carbons (Fsp3) is 0.350. The average molecular weight is 338 g/mol. The number of nitrogens with zero attached hydrogens (tertiary/aromatic N) is 2. The van der Waals surface area contributed by atoms with Gasteiger partial charge in [-0.3, -0.25) is 14.9 Å². The second-order valence-corrected chi connectivity index (χ2v) is 6.79. The Labute approximate surface area is 147 Å². The molecule has 0 unspecified atom stereocenters. The van der Waals surface area contributed by atoms with Crippen molar-refractivity contribution in [2.24, 2.45) is 0 Å². The number of amides is 1. The topological polar surface area (TPSA) is 63.5 Å². The molecule has 0 bridgehead atoms. The Morgan fingerprint density at radius 2 is 1.92 bits per heavy atom. The van der Waals surface area contributed by atoms with Crippen molar-refractivity contribution >= 4 is 17.3 Å². The molecule has 25 heavy (non-hydrogen) atoms. The quantitative estimate of drug-likeness (QED) is 0.619. The van der Waals surface area contributed by atoms with Crippen LogP contribution in [0, 0.1) is 10.1 Å². The van der Waals surface area contributed by atoms with Gasteiger partial charge in [-0.2, -0.15) is 0 Å². The summed E-state index contributed by atoms with van der Waals surface area (Å²) >= 11 is 0. The first kappa shape index (κ1) is 17.1. The lowest BCUT2D eigenvalue weighted by atomic mass is 9.94. The molecule has 0 aromatic heterocycles. The molecule has 0 spiro atoms. The lowest BCUT2D eigenvalue weighted by Gasteiger charge is -2.30. The number of hydrogen-bond acceptors (Lipinski definition) is 3. The number of nitro groups is 1. The van der Waals surface area contributed by atoms with Gasteiger partial charge in [0.15, 0.2) is 0 Å².